The van der Waals surface area contributed by atoms with Crippen molar-refractivity contribution in [3.8, 4) is 0 Å². The third-order valence-electron chi connectivity index (χ3n) is 4.72. The quantitative estimate of drug-likeness (QED) is 0.362. The summed E-state index contributed by atoms with van der Waals surface area (Å²) in [5.41, 5.74) is 2.21. The molecule has 152 valence electrons. The van der Waals surface area contributed by atoms with Gasteiger partial charge in [0, 0.05) is 70.8 Å². The molecule has 1 aliphatic rings. The summed E-state index contributed by atoms with van der Waals surface area (Å²) in [5, 5.41) is 6.66. The van der Waals surface area contributed by atoms with Gasteiger partial charge in [-0.2, -0.15) is 0 Å². The van der Waals surface area contributed by atoms with Crippen molar-refractivity contribution in [2.24, 2.45) is 4.99 Å². The van der Waals surface area contributed by atoms with Crippen LogP contribution in [0.25, 0.3) is 0 Å². The Labute approximate surface area is 184 Å². The number of aromatic nitrogens is 2. The molecule has 1 saturated heterocycles. The highest BCUT2D eigenvalue weighted by Gasteiger charge is 2.14. The van der Waals surface area contributed by atoms with E-state index in [1.54, 1.807) is 7.05 Å². The molecule has 0 bridgehead atoms. The minimum Gasteiger partial charge on any atom is -0.356 e. The highest BCUT2D eigenvalue weighted by atomic mass is 127. The number of guanidine groups is 1. The van der Waals surface area contributed by atoms with E-state index in [0.717, 1.165) is 62.2 Å². The van der Waals surface area contributed by atoms with Gasteiger partial charge >= 0.3 is 0 Å². The molecular weight excluding hydrogens is 465 g/mol. The summed E-state index contributed by atoms with van der Waals surface area (Å²) >= 11 is 0. The van der Waals surface area contributed by atoms with E-state index in [0.29, 0.717) is 6.54 Å². The average Bonchev–Trinajstić information content (AvgIpc) is 2.72. The Morgan fingerprint density at radius 2 is 1.89 bits per heavy atom. The van der Waals surface area contributed by atoms with Crippen LogP contribution >= 0.6 is 24.0 Å². The first kappa shape index (κ1) is 22.4. The van der Waals surface area contributed by atoms with Crippen LogP contribution in [0.4, 0.5) is 5.82 Å². The van der Waals surface area contributed by atoms with Crippen molar-refractivity contribution in [1.82, 2.24) is 25.5 Å². The number of nitrogens with one attached hydrogen (secondary N) is 2. The molecular formula is C20H30IN7. The molecule has 8 heteroatoms. The van der Waals surface area contributed by atoms with Crippen LogP contribution in [0.15, 0.2) is 47.7 Å². The Bertz CT molecular complexity index is 713. The van der Waals surface area contributed by atoms with E-state index in [9.17, 15) is 0 Å². The molecule has 2 N–H and O–H groups in total. The summed E-state index contributed by atoms with van der Waals surface area (Å²) in [6.07, 6.45) is 4.63. The highest BCUT2D eigenvalue weighted by Crippen LogP contribution is 2.13. The van der Waals surface area contributed by atoms with Gasteiger partial charge in [-0.05, 0) is 30.8 Å². The molecule has 3 rings (SSSR count). The second-order valence-corrected chi connectivity index (χ2v) is 6.74. The molecule has 0 aromatic carbocycles. The van der Waals surface area contributed by atoms with E-state index in [1.165, 1.54) is 0 Å². The van der Waals surface area contributed by atoms with Crippen LogP contribution in [-0.2, 0) is 13.0 Å². The Hall–Kier alpha value is -1.94. The molecule has 3 heterocycles. The van der Waals surface area contributed by atoms with Crippen LogP contribution in [0.5, 0.6) is 0 Å². The first-order valence-corrected chi connectivity index (χ1v) is 9.47. The van der Waals surface area contributed by atoms with E-state index < -0.39 is 0 Å². The molecule has 2 aromatic heterocycles. The zero-order valence-electron chi connectivity index (χ0n) is 16.6. The molecule has 0 spiro atoms. The fraction of sp³-hybridized carbons (Fsp3) is 0.450. The Kier molecular flexibility index (Phi) is 9.42. The van der Waals surface area contributed by atoms with Crippen molar-refractivity contribution >= 4 is 35.8 Å². The van der Waals surface area contributed by atoms with Gasteiger partial charge in [-0.3, -0.25) is 9.98 Å². The van der Waals surface area contributed by atoms with Crippen LogP contribution in [0, 0.1) is 0 Å². The van der Waals surface area contributed by atoms with Crippen molar-refractivity contribution in [2.45, 2.75) is 13.0 Å². The monoisotopic (exact) mass is 495 g/mol. The summed E-state index contributed by atoms with van der Waals surface area (Å²) in [4.78, 5) is 17.9. The van der Waals surface area contributed by atoms with Gasteiger partial charge in [0.2, 0.25) is 0 Å². The van der Waals surface area contributed by atoms with E-state index in [1.807, 2.05) is 30.6 Å². The summed E-state index contributed by atoms with van der Waals surface area (Å²) in [6, 6.07) is 10.2. The lowest BCUT2D eigenvalue weighted by Gasteiger charge is -2.33. The first-order valence-electron chi connectivity index (χ1n) is 9.47. The number of rotatable bonds is 6. The summed E-state index contributed by atoms with van der Waals surface area (Å²) < 4.78 is 0. The number of anilines is 1. The Balaban J connectivity index is 0.00000280. The van der Waals surface area contributed by atoms with E-state index in [-0.39, 0.29) is 24.0 Å². The second kappa shape index (κ2) is 11.8. The molecule has 0 radical (unpaired) electrons. The van der Waals surface area contributed by atoms with Gasteiger partial charge in [0.25, 0.3) is 0 Å². The molecule has 0 unspecified atom stereocenters. The molecule has 0 atom stereocenters. The maximum atomic E-state index is 4.63. The molecule has 7 nitrogen and oxygen atoms in total. The van der Waals surface area contributed by atoms with Gasteiger partial charge in [0.05, 0.1) is 0 Å². The summed E-state index contributed by atoms with van der Waals surface area (Å²) in [5.74, 6) is 1.85. The van der Waals surface area contributed by atoms with Crippen molar-refractivity contribution in [1.29, 1.82) is 0 Å². The number of piperazine rings is 1. The maximum absolute atomic E-state index is 4.63. The SMILES string of the molecule is CN=C(NCCc1ccccn1)NCc1ccc(N2CCN(C)CC2)nc1.I. The van der Waals surface area contributed by atoms with E-state index in [4.69, 9.17) is 0 Å². The molecule has 0 amide bonds. The molecule has 1 aliphatic heterocycles. The number of hydrogen-bond acceptors (Lipinski definition) is 5. The van der Waals surface area contributed by atoms with Gasteiger partial charge in [-0.25, -0.2) is 4.98 Å². The van der Waals surface area contributed by atoms with Crippen molar-refractivity contribution in [3.63, 3.8) is 0 Å². The predicted molar refractivity (Wildman–Crippen MR) is 126 cm³/mol. The molecule has 0 aliphatic carbocycles. The topological polar surface area (TPSA) is 68.7 Å². The van der Waals surface area contributed by atoms with Crippen molar-refractivity contribution in [3.05, 3.63) is 54.0 Å². The third kappa shape index (κ3) is 6.90. The molecule has 0 saturated carbocycles. The molecule has 1 fully saturated rings. The van der Waals surface area contributed by atoms with Gasteiger partial charge in [0.1, 0.15) is 5.82 Å². The number of likely N-dealkylation sites (N-methyl/N-ethyl adjacent to an activating group) is 1. The minimum atomic E-state index is 0. The van der Waals surface area contributed by atoms with Crippen LogP contribution in [0.1, 0.15) is 11.3 Å². The predicted octanol–water partition coefficient (Wildman–Crippen LogP) is 1.75. The number of halogens is 1. The lowest BCUT2D eigenvalue weighted by Crippen LogP contribution is -2.44. The van der Waals surface area contributed by atoms with Gasteiger partial charge in [-0.15, -0.1) is 24.0 Å². The lowest BCUT2D eigenvalue weighted by atomic mass is 10.2. The molecule has 2 aromatic rings. The van der Waals surface area contributed by atoms with Crippen LogP contribution in [0.2, 0.25) is 0 Å². The van der Waals surface area contributed by atoms with Crippen molar-refractivity contribution in [2.75, 3.05) is 51.7 Å². The number of nitrogens with zero attached hydrogens (tertiary/aromatic N) is 5. The van der Waals surface area contributed by atoms with Crippen LogP contribution < -0.4 is 15.5 Å². The summed E-state index contributed by atoms with van der Waals surface area (Å²) in [7, 11) is 3.95. The third-order valence-corrected chi connectivity index (χ3v) is 4.72. The van der Waals surface area contributed by atoms with Crippen molar-refractivity contribution < 1.29 is 0 Å². The number of hydrogen-bond donors (Lipinski definition) is 2. The van der Waals surface area contributed by atoms with E-state index >= 15 is 0 Å². The molecule has 28 heavy (non-hydrogen) atoms. The first-order chi connectivity index (χ1) is 13.2. The lowest BCUT2D eigenvalue weighted by molar-refractivity contribution is 0.312. The van der Waals surface area contributed by atoms with Crippen LogP contribution in [-0.4, -0.2) is 67.6 Å². The zero-order valence-corrected chi connectivity index (χ0v) is 19.0. The maximum Gasteiger partial charge on any atom is 0.191 e. The summed E-state index contributed by atoms with van der Waals surface area (Å²) in [6.45, 7) is 5.73. The fourth-order valence-corrected chi connectivity index (χ4v) is 3.01. The normalized spacial score (nSPS) is 15.1. The largest absolute Gasteiger partial charge is 0.356 e. The standard InChI is InChI=1S/C20H29N7.HI/c1-21-20(23-10-8-18-5-3-4-9-22-18)25-16-17-6-7-19(24-15-17)27-13-11-26(2)12-14-27;/h3-7,9,15H,8,10-14,16H2,1-2H3,(H2,21,23,25);1H. The Morgan fingerprint density at radius 1 is 1.07 bits per heavy atom. The van der Waals surface area contributed by atoms with Gasteiger partial charge < -0.3 is 20.4 Å². The van der Waals surface area contributed by atoms with Crippen LogP contribution in [0.3, 0.4) is 0 Å². The average molecular weight is 495 g/mol. The van der Waals surface area contributed by atoms with E-state index in [2.05, 4.69) is 54.6 Å². The smallest absolute Gasteiger partial charge is 0.191 e. The number of pyridine rings is 2. The fourth-order valence-electron chi connectivity index (χ4n) is 3.01. The second-order valence-electron chi connectivity index (χ2n) is 6.74. The number of aliphatic imine (C=N–C) groups is 1. The Morgan fingerprint density at radius 3 is 2.54 bits per heavy atom. The van der Waals surface area contributed by atoms with Gasteiger partial charge in [-0.1, -0.05) is 12.1 Å². The van der Waals surface area contributed by atoms with Gasteiger partial charge in [0.15, 0.2) is 5.96 Å². The minimum absolute atomic E-state index is 0. The highest BCUT2D eigenvalue weighted by molar-refractivity contribution is 14.0. The zero-order chi connectivity index (χ0) is 18.9.